The second-order valence-electron chi connectivity index (χ2n) is 6.60. The van der Waals surface area contributed by atoms with Crippen LogP contribution in [-0.2, 0) is 20.9 Å². The van der Waals surface area contributed by atoms with Gasteiger partial charge >= 0.3 is 12.1 Å². The largest absolute Gasteiger partial charge is 0.460 e. The van der Waals surface area contributed by atoms with Crippen LogP contribution in [0, 0.1) is 5.92 Å². The predicted molar refractivity (Wildman–Crippen MR) is 82.1 cm³/mol. The Bertz CT molecular complexity index is 521. The van der Waals surface area contributed by atoms with Crippen molar-refractivity contribution in [2.45, 2.75) is 51.9 Å². The highest BCUT2D eigenvalue weighted by Gasteiger charge is 2.41. The molecule has 2 atom stereocenters. The summed E-state index contributed by atoms with van der Waals surface area (Å²) < 4.78 is 10.4. The average Bonchev–Trinajstić information content (AvgIpc) is 3.13. The molecule has 0 aliphatic heterocycles. The summed E-state index contributed by atoms with van der Waals surface area (Å²) in [5, 5.41) is 2.77. The second kappa shape index (κ2) is 6.81. The molecule has 0 bridgehead atoms. The molecule has 1 saturated carbocycles. The van der Waals surface area contributed by atoms with Gasteiger partial charge in [-0.3, -0.25) is 4.79 Å². The molecule has 1 aliphatic carbocycles. The van der Waals surface area contributed by atoms with Gasteiger partial charge in [-0.15, -0.1) is 0 Å². The van der Waals surface area contributed by atoms with Crippen LogP contribution in [0.15, 0.2) is 30.3 Å². The van der Waals surface area contributed by atoms with E-state index in [9.17, 15) is 9.59 Å². The minimum absolute atomic E-state index is 0.00999. The lowest BCUT2D eigenvalue weighted by Gasteiger charge is -2.19. The van der Waals surface area contributed by atoms with Gasteiger partial charge in [-0.1, -0.05) is 30.3 Å². The third-order valence-corrected chi connectivity index (χ3v) is 3.29. The van der Waals surface area contributed by atoms with Gasteiger partial charge in [0, 0.05) is 6.04 Å². The lowest BCUT2D eigenvalue weighted by Crippen LogP contribution is -2.28. The lowest BCUT2D eigenvalue weighted by atomic mass is 10.2. The molecule has 1 fully saturated rings. The maximum absolute atomic E-state index is 11.7. The molecule has 0 heterocycles. The van der Waals surface area contributed by atoms with E-state index in [1.54, 1.807) is 0 Å². The summed E-state index contributed by atoms with van der Waals surface area (Å²) in [7, 11) is 0. The molecule has 0 saturated heterocycles. The summed E-state index contributed by atoms with van der Waals surface area (Å²) in [6.45, 7) is 5.77. The Morgan fingerprint density at radius 1 is 1.23 bits per heavy atom. The van der Waals surface area contributed by atoms with E-state index in [1.165, 1.54) is 0 Å². The first-order valence-corrected chi connectivity index (χ1v) is 7.52. The number of rotatable bonds is 5. The summed E-state index contributed by atoms with van der Waals surface area (Å²) in [6.07, 6.45) is 0.682. The molecule has 22 heavy (non-hydrogen) atoms. The highest BCUT2D eigenvalue weighted by atomic mass is 16.6. The van der Waals surface area contributed by atoms with Gasteiger partial charge in [0.15, 0.2) is 0 Å². The molecule has 0 aromatic heterocycles. The van der Waals surface area contributed by atoms with Crippen LogP contribution in [0.5, 0.6) is 0 Å². The molecule has 2 rings (SSSR count). The smallest absolute Gasteiger partial charge is 0.407 e. The third-order valence-electron chi connectivity index (χ3n) is 3.29. The predicted octanol–water partition coefficient (Wildman–Crippen LogP) is 3.03. The number of amides is 1. The zero-order valence-corrected chi connectivity index (χ0v) is 13.3. The zero-order valence-electron chi connectivity index (χ0n) is 13.3. The summed E-state index contributed by atoms with van der Waals surface area (Å²) in [4.78, 5) is 23.4. The van der Waals surface area contributed by atoms with Gasteiger partial charge in [0.25, 0.3) is 0 Å². The van der Waals surface area contributed by atoms with Crippen LogP contribution >= 0.6 is 0 Å². The Labute approximate surface area is 131 Å². The van der Waals surface area contributed by atoms with Crippen molar-refractivity contribution in [3.63, 3.8) is 0 Å². The SMILES string of the molecule is CC(C)(C)OC(=O)C[C@@H]1C[C@H]1NC(=O)OCc1ccccc1. The molecule has 1 aliphatic rings. The highest BCUT2D eigenvalue weighted by molar-refractivity contribution is 5.72. The van der Waals surface area contributed by atoms with Crippen LogP contribution in [0.1, 0.15) is 39.2 Å². The van der Waals surface area contributed by atoms with Crippen LogP contribution in [0.2, 0.25) is 0 Å². The van der Waals surface area contributed by atoms with Crippen molar-refractivity contribution in [2.75, 3.05) is 0 Å². The van der Waals surface area contributed by atoms with E-state index in [2.05, 4.69) is 5.32 Å². The van der Waals surface area contributed by atoms with Gasteiger partial charge in [-0.25, -0.2) is 4.79 Å². The number of hydrogen-bond acceptors (Lipinski definition) is 4. The molecular weight excluding hydrogens is 282 g/mol. The van der Waals surface area contributed by atoms with E-state index in [0.717, 1.165) is 12.0 Å². The van der Waals surface area contributed by atoms with Gasteiger partial charge in [0.2, 0.25) is 0 Å². The van der Waals surface area contributed by atoms with Crippen molar-refractivity contribution in [1.29, 1.82) is 0 Å². The fraction of sp³-hybridized carbons (Fsp3) is 0.529. The summed E-state index contributed by atoms with van der Waals surface area (Å²) in [5.41, 5.74) is 0.475. The quantitative estimate of drug-likeness (QED) is 0.849. The van der Waals surface area contributed by atoms with E-state index in [-0.39, 0.29) is 24.5 Å². The average molecular weight is 305 g/mol. The van der Waals surface area contributed by atoms with Gasteiger partial charge in [-0.05, 0) is 38.7 Å². The topological polar surface area (TPSA) is 64.6 Å². The van der Waals surface area contributed by atoms with E-state index in [1.807, 2.05) is 51.1 Å². The summed E-state index contributed by atoms with van der Waals surface area (Å²) >= 11 is 0. The number of alkyl carbamates (subject to hydrolysis) is 1. The van der Waals surface area contributed by atoms with E-state index >= 15 is 0 Å². The fourth-order valence-corrected chi connectivity index (χ4v) is 2.16. The zero-order chi connectivity index (χ0) is 16.2. The van der Waals surface area contributed by atoms with Crippen LogP contribution in [0.3, 0.4) is 0 Å². The van der Waals surface area contributed by atoms with Gasteiger partial charge in [0.1, 0.15) is 12.2 Å². The maximum Gasteiger partial charge on any atom is 0.407 e. The Balaban J connectivity index is 1.64. The fourth-order valence-electron chi connectivity index (χ4n) is 2.16. The Hall–Kier alpha value is -2.04. The van der Waals surface area contributed by atoms with Gasteiger partial charge in [-0.2, -0.15) is 0 Å². The molecule has 0 spiro atoms. The van der Waals surface area contributed by atoms with Gasteiger partial charge < -0.3 is 14.8 Å². The molecule has 1 aromatic carbocycles. The Kier molecular flexibility index (Phi) is 5.06. The van der Waals surface area contributed by atoms with Crippen molar-refractivity contribution in [3.8, 4) is 0 Å². The molecule has 1 aromatic rings. The van der Waals surface area contributed by atoms with Crippen LogP contribution in [0.4, 0.5) is 4.79 Å². The van der Waals surface area contributed by atoms with Gasteiger partial charge in [0.05, 0.1) is 6.42 Å². The number of hydrogen-bond donors (Lipinski definition) is 1. The molecule has 120 valence electrons. The second-order valence-corrected chi connectivity index (χ2v) is 6.60. The maximum atomic E-state index is 11.7. The lowest BCUT2D eigenvalue weighted by molar-refractivity contribution is -0.155. The van der Waals surface area contributed by atoms with Crippen molar-refractivity contribution >= 4 is 12.1 Å². The number of carbonyl (C=O) groups is 2. The molecule has 5 heteroatoms. The van der Waals surface area contributed by atoms with Crippen LogP contribution in [-0.4, -0.2) is 23.7 Å². The van der Waals surface area contributed by atoms with E-state index in [0.29, 0.717) is 6.42 Å². The summed E-state index contributed by atoms with van der Waals surface area (Å²) in [6, 6.07) is 9.51. The van der Waals surface area contributed by atoms with Crippen molar-refractivity contribution in [3.05, 3.63) is 35.9 Å². The molecular formula is C17H23NO4. The van der Waals surface area contributed by atoms with Crippen molar-refractivity contribution < 1.29 is 19.1 Å². The number of esters is 1. The van der Waals surface area contributed by atoms with E-state index < -0.39 is 11.7 Å². The standard InChI is InChI=1S/C17H23NO4/c1-17(2,3)22-15(19)10-13-9-14(13)18-16(20)21-11-12-7-5-4-6-8-12/h4-8,13-14H,9-11H2,1-3H3,(H,18,20)/t13-,14+/m0/s1. The van der Waals surface area contributed by atoms with Crippen LogP contribution in [0.25, 0.3) is 0 Å². The number of nitrogens with one attached hydrogen (secondary N) is 1. The van der Waals surface area contributed by atoms with Crippen LogP contribution < -0.4 is 5.32 Å². The third kappa shape index (κ3) is 5.76. The minimum Gasteiger partial charge on any atom is -0.460 e. The number of ether oxygens (including phenoxy) is 2. The van der Waals surface area contributed by atoms with Crippen molar-refractivity contribution in [1.82, 2.24) is 5.32 Å². The highest BCUT2D eigenvalue weighted by Crippen LogP contribution is 2.34. The minimum atomic E-state index is -0.469. The Morgan fingerprint density at radius 3 is 2.55 bits per heavy atom. The Morgan fingerprint density at radius 2 is 1.91 bits per heavy atom. The molecule has 0 unspecified atom stereocenters. The first kappa shape index (κ1) is 16.3. The number of benzene rings is 1. The summed E-state index contributed by atoms with van der Waals surface area (Å²) in [5.74, 6) is -0.0708. The monoisotopic (exact) mass is 305 g/mol. The first-order chi connectivity index (χ1) is 10.3. The molecule has 1 N–H and O–H groups in total. The molecule has 0 radical (unpaired) electrons. The number of carbonyl (C=O) groups excluding carboxylic acids is 2. The first-order valence-electron chi connectivity index (χ1n) is 7.52. The molecule has 1 amide bonds. The molecule has 5 nitrogen and oxygen atoms in total. The van der Waals surface area contributed by atoms with E-state index in [4.69, 9.17) is 9.47 Å². The normalized spacial score (nSPS) is 20.1. The van der Waals surface area contributed by atoms with Crippen molar-refractivity contribution in [2.24, 2.45) is 5.92 Å².